The Labute approximate surface area is 254 Å². The van der Waals surface area contributed by atoms with Gasteiger partial charge in [-0.3, -0.25) is 0 Å². The number of benzene rings is 4. The van der Waals surface area contributed by atoms with Crippen molar-refractivity contribution in [2.24, 2.45) is 0 Å². The Bertz CT molecular complexity index is 1430. The predicted octanol–water partition coefficient (Wildman–Crippen LogP) is 9.45. The Hall–Kier alpha value is -5.10. The second-order valence-corrected chi connectivity index (χ2v) is 10.1. The van der Waals surface area contributed by atoms with Crippen molar-refractivity contribution in [3.63, 3.8) is 0 Å². The zero-order valence-corrected chi connectivity index (χ0v) is 24.8. The molecule has 0 spiro atoms. The molecule has 6 nitrogen and oxygen atoms in total. The molecule has 0 saturated carbocycles. The van der Waals surface area contributed by atoms with Crippen LogP contribution in [0.3, 0.4) is 0 Å². The van der Waals surface area contributed by atoms with Crippen LogP contribution in [-0.4, -0.2) is 18.0 Å². The van der Waals surface area contributed by atoms with Crippen molar-refractivity contribution in [2.75, 3.05) is 9.80 Å². The maximum absolute atomic E-state index is 11.7. The highest BCUT2D eigenvalue weighted by Crippen LogP contribution is 2.38. The monoisotopic (exact) mass is 574 g/mol. The molecule has 0 radical (unpaired) electrons. The molecule has 0 bridgehead atoms. The van der Waals surface area contributed by atoms with Gasteiger partial charge in [0, 0.05) is 46.6 Å². The number of carbonyl (C=O) groups excluding carboxylic acids is 2. The van der Waals surface area contributed by atoms with Crippen molar-refractivity contribution in [3.8, 4) is 11.5 Å². The van der Waals surface area contributed by atoms with Gasteiger partial charge in [0.05, 0.1) is 0 Å². The van der Waals surface area contributed by atoms with E-state index in [0.29, 0.717) is 17.5 Å². The van der Waals surface area contributed by atoms with E-state index in [4.69, 9.17) is 9.47 Å². The number of rotatable bonds is 14. The lowest BCUT2D eigenvalue weighted by molar-refractivity contribution is -0.129. The van der Waals surface area contributed by atoms with E-state index >= 15 is 0 Å². The largest absolute Gasteiger partial charge is 0.423 e. The van der Waals surface area contributed by atoms with Crippen LogP contribution >= 0.6 is 0 Å². The minimum Gasteiger partial charge on any atom is -0.423 e. The standard InChI is InChI=1S/C37H38N2O4/c1-5-8-10-13-28(4)38(29-14-11-9-12-15-29)30-16-18-31(19-17-30)39(32-20-24-34(25-21-32)42-36(40)6-2)33-22-26-35(27-23-33)43-37(41)7-3/h6-7,9,11-12,14-28H,2-3,5,8,10,13H2,1,4H3. The highest BCUT2D eigenvalue weighted by molar-refractivity contribution is 5.84. The van der Waals surface area contributed by atoms with Crippen molar-refractivity contribution in [1.29, 1.82) is 0 Å². The number of carbonyl (C=O) groups is 2. The summed E-state index contributed by atoms with van der Waals surface area (Å²) in [6.07, 6.45) is 6.96. The van der Waals surface area contributed by atoms with Crippen LogP contribution in [0.15, 0.2) is 128 Å². The number of esters is 2. The van der Waals surface area contributed by atoms with Crippen LogP contribution in [-0.2, 0) is 9.59 Å². The van der Waals surface area contributed by atoms with E-state index in [-0.39, 0.29) is 0 Å². The highest BCUT2D eigenvalue weighted by atomic mass is 16.5. The number of anilines is 5. The van der Waals surface area contributed by atoms with Gasteiger partial charge in [0.25, 0.3) is 0 Å². The van der Waals surface area contributed by atoms with Crippen molar-refractivity contribution in [2.45, 2.75) is 45.6 Å². The zero-order valence-electron chi connectivity index (χ0n) is 24.8. The van der Waals surface area contributed by atoms with Gasteiger partial charge in [-0.1, -0.05) is 57.5 Å². The molecule has 0 heterocycles. The lowest BCUT2D eigenvalue weighted by Gasteiger charge is -2.32. The summed E-state index contributed by atoms with van der Waals surface area (Å²) in [5.41, 5.74) is 4.91. The average Bonchev–Trinajstić information content (AvgIpc) is 3.04. The smallest absolute Gasteiger partial charge is 0.335 e. The summed E-state index contributed by atoms with van der Waals surface area (Å²) in [4.78, 5) is 27.9. The maximum Gasteiger partial charge on any atom is 0.335 e. The number of ether oxygens (including phenoxy) is 2. The SMILES string of the molecule is C=CC(=O)Oc1ccc(N(c2ccc(OC(=O)C=C)cc2)c2ccc(N(c3ccccc3)C(C)CCCCC)cc2)cc1. The van der Waals surface area contributed by atoms with Gasteiger partial charge < -0.3 is 19.3 Å². The fourth-order valence-electron chi connectivity index (χ4n) is 4.92. The number of nitrogens with zero attached hydrogens (tertiary/aromatic N) is 2. The second kappa shape index (κ2) is 15.2. The maximum atomic E-state index is 11.7. The van der Waals surface area contributed by atoms with Crippen molar-refractivity contribution in [3.05, 3.63) is 128 Å². The molecule has 0 saturated heterocycles. The van der Waals surface area contributed by atoms with Crippen LogP contribution in [0.25, 0.3) is 0 Å². The van der Waals surface area contributed by atoms with Gasteiger partial charge in [-0.15, -0.1) is 0 Å². The molecule has 0 aliphatic heterocycles. The summed E-state index contributed by atoms with van der Waals surface area (Å²) in [7, 11) is 0. The Morgan fingerprint density at radius 3 is 1.51 bits per heavy atom. The molecule has 0 N–H and O–H groups in total. The van der Waals surface area contributed by atoms with Crippen LogP contribution in [0.4, 0.5) is 28.4 Å². The van der Waals surface area contributed by atoms with Gasteiger partial charge >= 0.3 is 11.9 Å². The number of unbranched alkanes of at least 4 members (excludes halogenated alkanes) is 2. The summed E-state index contributed by atoms with van der Waals surface area (Å²) in [5, 5.41) is 0. The fourth-order valence-corrected chi connectivity index (χ4v) is 4.92. The molecule has 4 aromatic rings. The first kappa shape index (κ1) is 30.8. The van der Waals surface area contributed by atoms with Gasteiger partial charge in [-0.25, -0.2) is 9.59 Å². The summed E-state index contributed by atoms with van der Waals surface area (Å²) >= 11 is 0. The summed E-state index contributed by atoms with van der Waals surface area (Å²) in [6, 6.07) is 33.8. The topological polar surface area (TPSA) is 59.1 Å². The van der Waals surface area contributed by atoms with Crippen molar-refractivity contribution in [1.82, 2.24) is 0 Å². The molecular formula is C37H38N2O4. The van der Waals surface area contributed by atoms with E-state index < -0.39 is 11.9 Å². The number of para-hydroxylation sites is 1. The van der Waals surface area contributed by atoms with E-state index in [1.165, 1.54) is 19.3 Å². The molecule has 0 aromatic heterocycles. The van der Waals surface area contributed by atoms with E-state index in [1.54, 1.807) is 24.3 Å². The van der Waals surface area contributed by atoms with Crippen LogP contribution in [0.2, 0.25) is 0 Å². The molecule has 43 heavy (non-hydrogen) atoms. The molecule has 4 rings (SSSR count). The quantitative estimate of drug-likeness (QED) is 0.0647. The fraction of sp³-hybridized carbons (Fsp3) is 0.189. The third-order valence-electron chi connectivity index (χ3n) is 7.05. The summed E-state index contributed by atoms with van der Waals surface area (Å²) in [6.45, 7) is 11.4. The second-order valence-electron chi connectivity index (χ2n) is 10.1. The van der Waals surface area contributed by atoms with Crippen LogP contribution in [0, 0.1) is 0 Å². The molecule has 1 atom stereocenters. The zero-order chi connectivity index (χ0) is 30.6. The minimum atomic E-state index is -0.517. The molecule has 0 amide bonds. The van der Waals surface area contributed by atoms with Gasteiger partial charge in [-0.05, 0) is 98.3 Å². The van der Waals surface area contributed by atoms with E-state index in [2.05, 4.69) is 85.3 Å². The van der Waals surface area contributed by atoms with Crippen molar-refractivity contribution < 1.29 is 19.1 Å². The molecule has 6 heteroatoms. The van der Waals surface area contributed by atoms with Crippen LogP contribution < -0.4 is 19.3 Å². The molecular weight excluding hydrogens is 536 g/mol. The van der Waals surface area contributed by atoms with Gasteiger partial charge in [-0.2, -0.15) is 0 Å². The van der Waals surface area contributed by atoms with Crippen molar-refractivity contribution >= 4 is 40.4 Å². The Morgan fingerprint density at radius 2 is 1.07 bits per heavy atom. The third kappa shape index (κ3) is 8.23. The highest BCUT2D eigenvalue weighted by Gasteiger charge is 2.19. The first-order valence-electron chi connectivity index (χ1n) is 14.6. The lowest BCUT2D eigenvalue weighted by atomic mass is 10.1. The van der Waals surface area contributed by atoms with Gasteiger partial charge in [0.2, 0.25) is 0 Å². The Morgan fingerprint density at radius 1 is 0.651 bits per heavy atom. The molecule has 0 fully saturated rings. The first-order valence-corrected chi connectivity index (χ1v) is 14.6. The van der Waals surface area contributed by atoms with E-state index in [1.807, 2.05) is 30.3 Å². The molecule has 0 aliphatic rings. The number of hydrogen-bond donors (Lipinski definition) is 0. The third-order valence-corrected chi connectivity index (χ3v) is 7.05. The number of hydrogen-bond acceptors (Lipinski definition) is 6. The summed E-state index contributed by atoms with van der Waals surface area (Å²) in [5.74, 6) is -0.189. The van der Waals surface area contributed by atoms with Crippen LogP contribution in [0.5, 0.6) is 11.5 Å². The van der Waals surface area contributed by atoms with Gasteiger partial charge in [0.15, 0.2) is 0 Å². The van der Waals surface area contributed by atoms with Gasteiger partial charge in [0.1, 0.15) is 11.5 Å². The Kier molecular flexibility index (Phi) is 10.9. The van der Waals surface area contributed by atoms with E-state index in [9.17, 15) is 9.59 Å². The minimum absolute atomic E-state index is 0.326. The summed E-state index contributed by atoms with van der Waals surface area (Å²) < 4.78 is 10.6. The predicted molar refractivity (Wildman–Crippen MR) is 175 cm³/mol. The molecule has 0 aliphatic carbocycles. The van der Waals surface area contributed by atoms with Crippen LogP contribution in [0.1, 0.15) is 39.5 Å². The normalized spacial score (nSPS) is 11.2. The van der Waals surface area contributed by atoms with E-state index in [0.717, 1.165) is 47.0 Å². The Balaban J connectivity index is 1.70. The average molecular weight is 575 g/mol. The first-order chi connectivity index (χ1) is 20.9. The molecule has 4 aromatic carbocycles. The molecule has 1 unspecified atom stereocenters. The lowest BCUT2D eigenvalue weighted by Crippen LogP contribution is -2.28. The molecule has 220 valence electrons.